The topological polar surface area (TPSA) is 74.5 Å². The normalized spacial score (nSPS) is 14.7. The molecule has 6 nitrogen and oxygen atoms in total. The first kappa shape index (κ1) is 22.2. The number of halogens is 2. The highest BCUT2D eigenvalue weighted by Gasteiger charge is 2.21. The molecule has 1 aliphatic rings. The Bertz CT molecular complexity index is 1090. The third-order valence-corrected chi connectivity index (χ3v) is 6.50. The number of nitrogens with zero attached hydrogens (tertiary/aromatic N) is 3. The molecule has 1 aliphatic heterocycles. The van der Waals surface area contributed by atoms with E-state index in [-0.39, 0.29) is 16.3 Å². The molecule has 1 saturated heterocycles. The predicted octanol–water partition coefficient (Wildman–Crippen LogP) is 4.51. The second-order valence-electron chi connectivity index (χ2n) is 8.01. The summed E-state index contributed by atoms with van der Waals surface area (Å²) in [6.07, 6.45) is 0. The number of nitrogen functional groups attached to an aromatic ring is 1. The fraction of sp³-hybridized carbons (Fsp3) is 0.304. The third-order valence-electron chi connectivity index (χ3n) is 5.51. The first-order valence-electron chi connectivity index (χ1n) is 10.4. The van der Waals surface area contributed by atoms with Gasteiger partial charge in [-0.1, -0.05) is 11.3 Å². The number of benzene rings is 2. The van der Waals surface area contributed by atoms with Crippen LogP contribution in [0.5, 0.6) is 0 Å². The van der Waals surface area contributed by atoms with Crippen LogP contribution in [0.3, 0.4) is 0 Å². The van der Waals surface area contributed by atoms with Crippen LogP contribution in [0.15, 0.2) is 42.5 Å². The molecule has 0 saturated carbocycles. The van der Waals surface area contributed by atoms with Gasteiger partial charge in [0.25, 0.3) is 0 Å². The lowest BCUT2D eigenvalue weighted by atomic mass is 10.1. The zero-order valence-electron chi connectivity index (χ0n) is 17.9. The van der Waals surface area contributed by atoms with Gasteiger partial charge in [-0.25, -0.2) is 13.8 Å². The van der Waals surface area contributed by atoms with Gasteiger partial charge in [-0.2, -0.15) is 0 Å². The predicted molar refractivity (Wildman–Crippen MR) is 125 cm³/mol. The summed E-state index contributed by atoms with van der Waals surface area (Å²) >= 11 is 1.05. The number of nitrogens with two attached hydrogens (primary N) is 1. The van der Waals surface area contributed by atoms with Crippen LogP contribution in [0, 0.1) is 11.6 Å². The van der Waals surface area contributed by atoms with Crippen molar-refractivity contribution >= 4 is 39.4 Å². The van der Waals surface area contributed by atoms with E-state index in [9.17, 15) is 13.6 Å². The molecule has 2 heterocycles. The summed E-state index contributed by atoms with van der Waals surface area (Å²) in [5, 5.41) is 3.58. The summed E-state index contributed by atoms with van der Waals surface area (Å²) in [5.41, 5.74) is 7.76. The van der Waals surface area contributed by atoms with Crippen molar-refractivity contribution in [3.8, 4) is 0 Å². The first-order valence-corrected chi connectivity index (χ1v) is 11.2. The Morgan fingerprint density at radius 2 is 1.69 bits per heavy atom. The standard InChI is InChI=1S/C23H25F2N5OS/c1-14(2)29-7-9-30(10-8-29)19-5-3-18(4-6-19)27-23-28-22(26)21(32-23)20(31)15-11-16(24)13-17(25)12-15/h3-6,11-14H,7-10,26H2,1-2H3,(H,27,28). The highest BCUT2D eigenvalue weighted by Crippen LogP contribution is 2.31. The molecule has 3 aromatic rings. The van der Waals surface area contributed by atoms with Crippen molar-refractivity contribution in [1.29, 1.82) is 0 Å². The fourth-order valence-electron chi connectivity index (χ4n) is 3.74. The molecule has 2 aromatic carbocycles. The molecule has 4 rings (SSSR count). The first-order chi connectivity index (χ1) is 15.3. The number of hydrogen-bond donors (Lipinski definition) is 2. The molecule has 0 radical (unpaired) electrons. The van der Waals surface area contributed by atoms with Crippen LogP contribution in [-0.4, -0.2) is 47.9 Å². The molecule has 0 bridgehead atoms. The van der Waals surface area contributed by atoms with Gasteiger partial charge in [0.2, 0.25) is 5.78 Å². The summed E-state index contributed by atoms with van der Waals surface area (Å²) in [4.78, 5) is 21.8. The molecular formula is C23H25F2N5OS. The number of piperazine rings is 1. The van der Waals surface area contributed by atoms with Gasteiger partial charge in [-0.05, 0) is 50.2 Å². The van der Waals surface area contributed by atoms with Gasteiger partial charge < -0.3 is 16.0 Å². The minimum atomic E-state index is -0.819. The van der Waals surface area contributed by atoms with Crippen molar-refractivity contribution in [2.45, 2.75) is 19.9 Å². The van der Waals surface area contributed by atoms with E-state index in [0.717, 1.165) is 61.0 Å². The monoisotopic (exact) mass is 457 g/mol. The number of hydrogen-bond acceptors (Lipinski definition) is 7. The number of carbonyl (C=O) groups excluding carboxylic acids is 1. The van der Waals surface area contributed by atoms with Gasteiger partial charge in [0.15, 0.2) is 5.13 Å². The van der Waals surface area contributed by atoms with Crippen molar-refractivity contribution in [2.75, 3.05) is 42.1 Å². The van der Waals surface area contributed by atoms with Crippen LogP contribution in [0.1, 0.15) is 29.1 Å². The van der Waals surface area contributed by atoms with Gasteiger partial charge >= 0.3 is 0 Å². The summed E-state index contributed by atoms with van der Waals surface area (Å²) < 4.78 is 26.9. The molecular weight excluding hydrogens is 432 g/mol. The number of anilines is 4. The van der Waals surface area contributed by atoms with E-state index in [1.807, 2.05) is 24.3 Å². The second-order valence-corrected chi connectivity index (χ2v) is 9.01. The maximum Gasteiger partial charge on any atom is 0.207 e. The second kappa shape index (κ2) is 9.22. The lowest BCUT2D eigenvalue weighted by molar-refractivity contribution is 0.104. The van der Waals surface area contributed by atoms with Crippen LogP contribution in [0.25, 0.3) is 0 Å². The van der Waals surface area contributed by atoms with Gasteiger partial charge in [-0.3, -0.25) is 9.69 Å². The Kier molecular flexibility index (Phi) is 6.38. The minimum absolute atomic E-state index is 0.0202. The average molecular weight is 458 g/mol. The summed E-state index contributed by atoms with van der Waals surface area (Å²) in [7, 11) is 0. The molecule has 168 valence electrons. The van der Waals surface area contributed by atoms with Crippen LogP contribution in [-0.2, 0) is 0 Å². The highest BCUT2D eigenvalue weighted by molar-refractivity contribution is 7.18. The molecule has 0 atom stereocenters. The van der Waals surface area contributed by atoms with Crippen LogP contribution < -0.4 is 16.0 Å². The van der Waals surface area contributed by atoms with E-state index in [2.05, 4.69) is 33.9 Å². The van der Waals surface area contributed by atoms with E-state index in [0.29, 0.717) is 17.2 Å². The summed E-state index contributed by atoms with van der Waals surface area (Å²) in [6.45, 7) is 8.50. The minimum Gasteiger partial charge on any atom is -0.382 e. The Balaban J connectivity index is 1.43. The zero-order valence-corrected chi connectivity index (χ0v) is 18.8. The Hall–Kier alpha value is -3.04. The maximum absolute atomic E-state index is 13.5. The molecule has 9 heteroatoms. The molecule has 0 aliphatic carbocycles. The quantitative estimate of drug-likeness (QED) is 0.531. The van der Waals surface area contributed by atoms with Gasteiger partial charge in [0.1, 0.15) is 22.3 Å². The number of aromatic nitrogens is 1. The molecule has 1 fully saturated rings. The molecule has 3 N–H and O–H groups in total. The van der Waals surface area contributed by atoms with E-state index in [4.69, 9.17) is 5.73 Å². The number of ketones is 1. The molecule has 1 aromatic heterocycles. The van der Waals surface area contributed by atoms with E-state index >= 15 is 0 Å². The lowest BCUT2D eigenvalue weighted by Crippen LogP contribution is -2.48. The number of nitrogens with one attached hydrogen (secondary N) is 1. The summed E-state index contributed by atoms with van der Waals surface area (Å²) in [5.74, 6) is -2.19. The summed E-state index contributed by atoms with van der Waals surface area (Å²) in [6, 6.07) is 11.2. The Morgan fingerprint density at radius 1 is 1.06 bits per heavy atom. The smallest absolute Gasteiger partial charge is 0.207 e. The Labute approximate surface area is 189 Å². The largest absolute Gasteiger partial charge is 0.382 e. The van der Waals surface area contributed by atoms with Crippen LogP contribution in [0.4, 0.5) is 31.1 Å². The SMILES string of the molecule is CC(C)N1CCN(c2ccc(Nc3nc(N)c(C(=O)c4cc(F)cc(F)c4)s3)cc2)CC1. The Morgan fingerprint density at radius 3 is 2.28 bits per heavy atom. The molecule has 0 spiro atoms. The maximum atomic E-state index is 13.5. The van der Waals surface area contributed by atoms with Crippen molar-refractivity contribution in [1.82, 2.24) is 9.88 Å². The van der Waals surface area contributed by atoms with Crippen molar-refractivity contribution in [2.24, 2.45) is 0 Å². The van der Waals surface area contributed by atoms with E-state index in [1.165, 1.54) is 0 Å². The van der Waals surface area contributed by atoms with E-state index < -0.39 is 17.4 Å². The van der Waals surface area contributed by atoms with Crippen LogP contribution >= 0.6 is 11.3 Å². The van der Waals surface area contributed by atoms with Crippen molar-refractivity contribution in [3.63, 3.8) is 0 Å². The average Bonchev–Trinajstić information content (AvgIpc) is 3.13. The number of carbonyl (C=O) groups is 1. The van der Waals surface area contributed by atoms with E-state index in [1.54, 1.807) is 0 Å². The van der Waals surface area contributed by atoms with Crippen LogP contribution in [0.2, 0.25) is 0 Å². The highest BCUT2D eigenvalue weighted by atomic mass is 32.1. The molecule has 0 unspecified atom stereocenters. The third kappa shape index (κ3) is 4.89. The van der Waals surface area contributed by atoms with Crippen molar-refractivity contribution in [3.05, 3.63) is 64.5 Å². The van der Waals surface area contributed by atoms with Gasteiger partial charge in [0.05, 0.1) is 0 Å². The molecule has 32 heavy (non-hydrogen) atoms. The number of rotatable bonds is 6. The van der Waals surface area contributed by atoms with Gasteiger partial charge in [-0.15, -0.1) is 0 Å². The zero-order chi connectivity index (χ0) is 22.8. The van der Waals surface area contributed by atoms with Gasteiger partial charge in [0, 0.05) is 55.2 Å². The molecule has 0 amide bonds. The number of thiazole rings is 1. The lowest BCUT2D eigenvalue weighted by Gasteiger charge is -2.38. The fourth-order valence-corrected chi connectivity index (χ4v) is 4.61. The van der Waals surface area contributed by atoms with Crippen molar-refractivity contribution < 1.29 is 13.6 Å².